The predicted octanol–water partition coefficient (Wildman–Crippen LogP) is 0.785. The molecule has 1 aromatic rings. The van der Waals surface area contributed by atoms with E-state index in [1.165, 1.54) is 20.9 Å². The summed E-state index contributed by atoms with van der Waals surface area (Å²) in [6, 6.07) is 8.32. The largest absolute Gasteiger partial charge is 0.347 e. The molecule has 0 saturated carbocycles. The van der Waals surface area contributed by atoms with Crippen molar-refractivity contribution >= 4 is 41.8 Å². The Balaban J connectivity index is 0.00000338. The second-order valence-corrected chi connectivity index (χ2v) is 6.51. The molecule has 0 radical (unpaired) electrons. The minimum absolute atomic E-state index is 0. The van der Waals surface area contributed by atoms with Crippen LogP contribution in [0.15, 0.2) is 29.3 Å². The van der Waals surface area contributed by atoms with Crippen LogP contribution in [0, 0.1) is 0 Å². The van der Waals surface area contributed by atoms with E-state index in [-0.39, 0.29) is 48.9 Å². The molecule has 8 heteroatoms. The van der Waals surface area contributed by atoms with Crippen molar-refractivity contribution in [3.8, 4) is 0 Å². The maximum atomic E-state index is 11.9. The fourth-order valence-corrected chi connectivity index (χ4v) is 2.54. The summed E-state index contributed by atoms with van der Waals surface area (Å²) < 4.78 is 0. The maximum Gasteiger partial charge on any atom is 0.243 e. The van der Waals surface area contributed by atoms with Gasteiger partial charge in [-0.3, -0.25) is 9.59 Å². The molecule has 0 fully saturated rings. The molecule has 0 aliphatic carbocycles. The van der Waals surface area contributed by atoms with Crippen LogP contribution in [0.4, 0.5) is 0 Å². The lowest BCUT2D eigenvalue weighted by atomic mass is 10.0. The Labute approximate surface area is 172 Å². The number of carbonyl (C=O) groups excluding carboxylic acids is 2. The van der Waals surface area contributed by atoms with Crippen molar-refractivity contribution in [1.82, 2.24) is 20.0 Å². The molecule has 0 unspecified atom stereocenters. The van der Waals surface area contributed by atoms with Crippen molar-refractivity contribution in [3.63, 3.8) is 0 Å². The molecule has 2 amide bonds. The minimum atomic E-state index is -0.0735. The Morgan fingerprint density at radius 1 is 1.08 bits per heavy atom. The van der Waals surface area contributed by atoms with E-state index in [2.05, 4.69) is 27.3 Å². The number of hydrogen-bond donors (Lipinski definition) is 1. The van der Waals surface area contributed by atoms with Gasteiger partial charge in [-0.15, -0.1) is 24.0 Å². The number of hydrogen-bond acceptors (Lipinski definition) is 3. The van der Waals surface area contributed by atoms with Gasteiger partial charge in [-0.05, 0) is 17.5 Å². The zero-order valence-electron chi connectivity index (χ0n) is 15.9. The summed E-state index contributed by atoms with van der Waals surface area (Å²) in [7, 11) is 6.84. The van der Waals surface area contributed by atoms with E-state index >= 15 is 0 Å². The van der Waals surface area contributed by atoms with Gasteiger partial charge in [-0.25, -0.2) is 4.99 Å². The molecule has 2 rings (SSSR count). The number of amides is 2. The summed E-state index contributed by atoms with van der Waals surface area (Å²) in [5, 5.41) is 3.11. The molecule has 0 saturated heterocycles. The summed E-state index contributed by atoms with van der Waals surface area (Å²) >= 11 is 0. The number of nitrogens with one attached hydrogen (secondary N) is 1. The Morgan fingerprint density at radius 3 is 2.31 bits per heavy atom. The molecule has 26 heavy (non-hydrogen) atoms. The smallest absolute Gasteiger partial charge is 0.243 e. The number of halogens is 1. The van der Waals surface area contributed by atoms with Crippen LogP contribution in [0.3, 0.4) is 0 Å². The maximum absolute atomic E-state index is 11.9. The van der Waals surface area contributed by atoms with Gasteiger partial charge in [0.1, 0.15) is 6.54 Å². The SMILES string of the molecule is CN(C)C(=O)CN=C(NCC(=O)N(C)C)N1CCc2ccccc2C1.I. The lowest BCUT2D eigenvalue weighted by Crippen LogP contribution is -2.47. The Kier molecular flexibility index (Phi) is 8.83. The predicted molar refractivity (Wildman–Crippen MR) is 114 cm³/mol. The van der Waals surface area contributed by atoms with E-state index in [0.717, 1.165) is 13.0 Å². The lowest BCUT2D eigenvalue weighted by Gasteiger charge is -2.32. The van der Waals surface area contributed by atoms with Gasteiger partial charge in [0.15, 0.2) is 5.96 Å². The quantitative estimate of drug-likeness (QED) is 0.399. The number of carbonyl (C=O) groups is 2. The molecule has 0 aromatic heterocycles. The molecule has 1 N–H and O–H groups in total. The minimum Gasteiger partial charge on any atom is -0.347 e. The average molecular weight is 473 g/mol. The van der Waals surface area contributed by atoms with Crippen molar-refractivity contribution in [1.29, 1.82) is 0 Å². The van der Waals surface area contributed by atoms with Crippen LogP contribution in [0.2, 0.25) is 0 Å². The van der Waals surface area contributed by atoms with E-state index in [1.54, 1.807) is 28.2 Å². The highest BCUT2D eigenvalue weighted by molar-refractivity contribution is 14.0. The first-order chi connectivity index (χ1) is 11.9. The number of rotatable bonds is 4. The number of guanidine groups is 1. The molecule has 1 heterocycles. The molecule has 1 aliphatic heterocycles. The van der Waals surface area contributed by atoms with Gasteiger partial charge in [-0.2, -0.15) is 0 Å². The molecule has 7 nitrogen and oxygen atoms in total. The summed E-state index contributed by atoms with van der Waals surface area (Å²) in [4.78, 5) is 33.3. The standard InChI is InChI=1S/C18H27N5O2.HI/c1-21(2)16(24)11-19-18(20-12-17(25)22(3)4)23-10-9-14-7-5-6-8-15(14)13-23;/h5-8H,9-13H2,1-4H3,(H,19,20);1H. The monoisotopic (exact) mass is 473 g/mol. The first kappa shape index (κ1) is 22.2. The van der Waals surface area contributed by atoms with E-state index in [0.29, 0.717) is 12.5 Å². The highest BCUT2D eigenvalue weighted by Crippen LogP contribution is 2.18. The van der Waals surface area contributed by atoms with Gasteiger partial charge in [0.2, 0.25) is 11.8 Å². The molecule has 144 valence electrons. The van der Waals surface area contributed by atoms with Crippen LogP contribution in [0.1, 0.15) is 11.1 Å². The van der Waals surface area contributed by atoms with Crippen LogP contribution in [-0.2, 0) is 22.6 Å². The van der Waals surface area contributed by atoms with Crippen molar-refractivity contribution in [2.24, 2.45) is 4.99 Å². The van der Waals surface area contributed by atoms with Gasteiger partial charge >= 0.3 is 0 Å². The first-order valence-corrected chi connectivity index (χ1v) is 8.39. The molecule has 1 aromatic carbocycles. The molecular formula is C18H28IN5O2. The molecule has 0 bridgehead atoms. The van der Waals surface area contributed by atoms with Gasteiger partial charge in [0.25, 0.3) is 0 Å². The average Bonchev–Trinajstić information content (AvgIpc) is 2.60. The zero-order valence-corrected chi connectivity index (χ0v) is 18.2. The highest BCUT2D eigenvalue weighted by Gasteiger charge is 2.20. The third-order valence-corrected chi connectivity index (χ3v) is 4.19. The van der Waals surface area contributed by atoms with Crippen molar-refractivity contribution in [2.75, 3.05) is 47.8 Å². The highest BCUT2D eigenvalue weighted by atomic mass is 127. The third-order valence-electron chi connectivity index (χ3n) is 4.19. The zero-order chi connectivity index (χ0) is 18.4. The second-order valence-electron chi connectivity index (χ2n) is 6.51. The van der Waals surface area contributed by atoms with Gasteiger partial charge in [-0.1, -0.05) is 24.3 Å². The Hall–Kier alpha value is -1.84. The number of likely N-dealkylation sites (N-methyl/N-ethyl adjacent to an activating group) is 2. The number of fused-ring (bicyclic) bond motifs is 1. The van der Waals surface area contributed by atoms with Gasteiger partial charge in [0, 0.05) is 41.3 Å². The van der Waals surface area contributed by atoms with Crippen LogP contribution >= 0.6 is 24.0 Å². The van der Waals surface area contributed by atoms with Crippen LogP contribution in [-0.4, -0.2) is 80.3 Å². The van der Waals surface area contributed by atoms with Crippen molar-refractivity contribution < 1.29 is 9.59 Å². The van der Waals surface area contributed by atoms with Crippen LogP contribution in [0.25, 0.3) is 0 Å². The van der Waals surface area contributed by atoms with Crippen LogP contribution in [0.5, 0.6) is 0 Å². The fourth-order valence-electron chi connectivity index (χ4n) is 2.54. The summed E-state index contributed by atoms with van der Waals surface area (Å²) in [5.74, 6) is 0.486. The van der Waals surface area contributed by atoms with Crippen molar-refractivity contribution in [2.45, 2.75) is 13.0 Å². The Bertz CT molecular complexity index is 661. The van der Waals surface area contributed by atoms with E-state index in [9.17, 15) is 9.59 Å². The summed E-state index contributed by atoms with van der Waals surface area (Å²) in [6.45, 7) is 1.73. The van der Waals surface area contributed by atoms with Gasteiger partial charge in [0.05, 0.1) is 6.54 Å². The summed E-state index contributed by atoms with van der Waals surface area (Å²) in [5.41, 5.74) is 2.59. The normalized spacial score (nSPS) is 13.4. The lowest BCUT2D eigenvalue weighted by molar-refractivity contribution is -0.127. The molecule has 1 aliphatic rings. The van der Waals surface area contributed by atoms with Crippen molar-refractivity contribution in [3.05, 3.63) is 35.4 Å². The molecule has 0 spiro atoms. The number of benzene rings is 1. The summed E-state index contributed by atoms with van der Waals surface area (Å²) in [6.07, 6.45) is 0.917. The third kappa shape index (κ3) is 6.15. The van der Waals surface area contributed by atoms with Gasteiger partial charge < -0.3 is 20.0 Å². The van der Waals surface area contributed by atoms with E-state index in [4.69, 9.17) is 0 Å². The first-order valence-electron chi connectivity index (χ1n) is 8.39. The van der Waals surface area contributed by atoms with Crippen LogP contribution < -0.4 is 5.32 Å². The second kappa shape index (κ2) is 10.3. The van der Waals surface area contributed by atoms with E-state index < -0.39 is 0 Å². The number of aliphatic imine (C=N–C) groups is 1. The topological polar surface area (TPSA) is 68.2 Å². The molecule has 0 atom stereocenters. The molecular weight excluding hydrogens is 445 g/mol. The van der Waals surface area contributed by atoms with E-state index in [1.807, 2.05) is 12.1 Å². The fraction of sp³-hybridized carbons (Fsp3) is 0.500. The number of nitrogens with zero attached hydrogens (tertiary/aromatic N) is 4. The Morgan fingerprint density at radius 2 is 1.69 bits per heavy atom.